The molecule has 0 saturated carbocycles. The van der Waals surface area contributed by atoms with Gasteiger partial charge in [0.25, 0.3) is 0 Å². The number of anilines is 1. The maximum Gasteiger partial charge on any atom is 0.315 e. The minimum Gasteiger partial charge on any atom is -0.475 e. The Bertz CT molecular complexity index is 794. The van der Waals surface area contributed by atoms with Crippen LogP contribution in [0.5, 0.6) is 5.88 Å². The molecule has 0 aliphatic carbocycles. The van der Waals surface area contributed by atoms with Gasteiger partial charge in [-0.15, -0.1) is 0 Å². The van der Waals surface area contributed by atoms with Gasteiger partial charge in [-0.05, 0) is 50.1 Å². The summed E-state index contributed by atoms with van der Waals surface area (Å²) in [6, 6.07) is 8.70. The molecule has 27 heavy (non-hydrogen) atoms. The van der Waals surface area contributed by atoms with Crippen molar-refractivity contribution in [2.24, 2.45) is 0 Å². The van der Waals surface area contributed by atoms with Crippen LogP contribution in [0.4, 0.5) is 10.5 Å². The summed E-state index contributed by atoms with van der Waals surface area (Å²) < 4.78 is 6.40. The molecule has 2 aromatic rings. The number of halogens is 1. The van der Waals surface area contributed by atoms with Gasteiger partial charge >= 0.3 is 6.03 Å². The lowest BCUT2D eigenvalue weighted by Gasteiger charge is -2.11. The predicted octanol–water partition coefficient (Wildman–Crippen LogP) is 3.38. The van der Waals surface area contributed by atoms with Gasteiger partial charge in [0.05, 0.1) is 12.6 Å². The molecular formula is C19H23BrN4O3. The van der Waals surface area contributed by atoms with E-state index in [-0.39, 0.29) is 18.6 Å². The molecular weight excluding hydrogens is 412 g/mol. The first-order chi connectivity index (χ1) is 12.8. The summed E-state index contributed by atoms with van der Waals surface area (Å²) in [6.45, 7) is 5.92. The number of aromatic nitrogens is 1. The number of carbonyl (C=O) groups is 2. The van der Waals surface area contributed by atoms with Crippen LogP contribution in [0.15, 0.2) is 41.0 Å². The van der Waals surface area contributed by atoms with Gasteiger partial charge in [0.2, 0.25) is 11.8 Å². The van der Waals surface area contributed by atoms with Crippen molar-refractivity contribution < 1.29 is 14.3 Å². The van der Waals surface area contributed by atoms with E-state index in [0.717, 1.165) is 15.6 Å². The molecule has 1 heterocycles. The van der Waals surface area contributed by atoms with Gasteiger partial charge in [0, 0.05) is 29.0 Å². The Kier molecular flexibility index (Phi) is 7.60. The first-order valence-electron chi connectivity index (χ1n) is 8.53. The second-order valence-corrected chi connectivity index (χ2v) is 7.13. The number of urea groups is 1. The zero-order chi connectivity index (χ0) is 19.8. The van der Waals surface area contributed by atoms with Gasteiger partial charge in [-0.3, -0.25) is 4.79 Å². The summed E-state index contributed by atoms with van der Waals surface area (Å²) in [6.07, 6.45) is 1.70. The van der Waals surface area contributed by atoms with Crippen molar-refractivity contribution >= 4 is 33.6 Å². The van der Waals surface area contributed by atoms with Crippen LogP contribution in [0.3, 0.4) is 0 Å². The van der Waals surface area contributed by atoms with Crippen LogP contribution in [-0.2, 0) is 11.3 Å². The van der Waals surface area contributed by atoms with Crippen molar-refractivity contribution in [1.82, 2.24) is 15.6 Å². The van der Waals surface area contributed by atoms with Crippen molar-refractivity contribution in [1.29, 1.82) is 0 Å². The van der Waals surface area contributed by atoms with E-state index in [2.05, 4.69) is 36.9 Å². The monoisotopic (exact) mass is 434 g/mol. The van der Waals surface area contributed by atoms with Crippen LogP contribution < -0.4 is 20.7 Å². The fourth-order valence-electron chi connectivity index (χ4n) is 2.19. The zero-order valence-corrected chi connectivity index (χ0v) is 17.1. The standard InChI is InChI=1S/C19H23BrN4O3/c1-12(2)27-18-7-4-14(9-21-18)10-22-19(26)23-11-17(25)24-16-6-5-15(20)8-13(16)3/h4-9,12H,10-11H2,1-3H3,(H,24,25)(H2,22,23,26). The third-order valence-electron chi connectivity index (χ3n) is 3.48. The van der Waals surface area contributed by atoms with Crippen LogP contribution >= 0.6 is 15.9 Å². The molecule has 0 atom stereocenters. The number of amides is 3. The Hall–Kier alpha value is -2.61. The van der Waals surface area contributed by atoms with E-state index < -0.39 is 6.03 Å². The molecule has 0 aliphatic heterocycles. The Morgan fingerprint density at radius 1 is 1.19 bits per heavy atom. The number of ether oxygens (including phenoxy) is 1. The second-order valence-electron chi connectivity index (χ2n) is 6.21. The molecule has 0 bridgehead atoms. The molecule has 0 unspecified atom stereocenters. The number of hydrogen-bond donors (Lipinski definition) is 3. The summed E-state index contributed by atoms with van der Waals surface area (Å²) in [5, 5.41) is 7.97. The number of aryl methyl sites for hydroxylation is 1. The van der Waals surface area contributed by atoms with E-state index in [4.69, 9.17) is 4.74 Å². The van der Waals surface area contributed by atoms with E-state index >= 15 is 0 Å². The SMILES string of the molecule is Cc1cc(Br)ccc1NC(=O)CNC(=O)NCc1ccc(OC(C)C)nc1. The Morgan fingerprint density at radius 2 is 1.96 bits per heavy atom. The highest BCUT2D eigenvalue weighted by molar-refractivity contribution is 9.10. The van der Waals surface area contributed by atoms with Gasteiger partial charge in [-0.1, -0.05) is 22.0 Å². The molecule has 144 valence electrons. The smallest absolute Gasteiger partial charge is 0.315 e. The molecule has 3 amide bonds. The Morgan fingerprint density at radius 3 is 2.59 bits per heavy atom. The summed E-state index contributed by atoms with van der Waals surface area (Å²) in [5.74, 6) is 0.241. The number of nitrogens with zero attached hydrogens (tertiary/aromatic N) is 1. The average molecular weight is 435 g/mol. The molecule has 0 fully saturated rings. The fourth-order valence-corrected chi connectivity index (χ4v) is 2.67. The number of rotatable bonds is 7. The maximum atomic E-state index is 12.0. The molecule has 0 spiro atoms. The van der Waals surface area contributed by atoms with Crippen molar-refractivity contribution in [3.63, 3.8) is 0 Å². The molecule has 0 radical (unpaired) electrons. The molecule has 3 N–H and O–H groups in total. The normalized spacial score (nSPS) is 10.4. The van der Waals surface area contributed by atoms with Crippen molar-refractivity contribution in [2.75, 3.05) is 11.9 Å². The third-order valence-corrected chi connectivity index (χ3v) is 3.97. The van der Waals surface area contributed by atoms with Crippen molar-refractivity contribution in [2.45, 2.75) is 33.4 Å². The largest absolute Gasteiger partial charge is 0.475 e. The third kappa shape index (κ3) is 7.26. The molecule has 0 saturated heterocycles. The molecule has 7 nitrogen and oxygen atoms in total. The topological polar surface area (TPSA) is 92.4 Å². The summed E-state index contributed by atoms with van der Waals surface area (Å²) in [4.78, 5) is 28.0. The number of hydrogen-bond acceptors (Lipinski definition) is 4. The fraction of sp³-hybridized carbons (Fsp3) is 0.316. The van der Waals surface area contributed by atoms with Crippen molar-refractivity contribution in [3.8, 4) is 5.88 Å². The highest BCUT2D eigenvalue weighted by Gasteiger charge is 2.08. The Balaban J connectivity index is 1.73. The number of pyridine rings is 1. The van der Waals surface area contributed by atoms with Crippen LogP contribution in [-0.4, -0.2) is 29.6 Å². The average Bonchev–Trinajstić information content (AvgIpc) is 2.61. The van der Waals surface area contributed by atoms with E-state index in [1.165, 1.54) is 0 Å². The first kappa shape index (κ1) is 20.7. The van der Waals surface area contributed by atoms with Gasteiger partial charge in [0.15, 0.2) is 0 Å². The lowest BCUT2D eigenvalue weighted by molar-refractivity contribution is -0.115. The van der Waals surface area contributed by atoms with Gasteiger partial charge < -0.3 is 20.7 Å². The Labute approximate surface area is 167 Å². The summed E-state index contributed by atoms with van der Waals surface area (Å²) in [5.41, 5.74) is 2.47. The molecule has 8 heteroatoms. The van der Waals surface area contributed by atoms with Crippen LogP contribution in [0.2, 0.25) is 0 Å². The lowest BCUT2D eigenvalue weighted by atomic mass is 10.2. The van der Waals surface area contributed by atoms with Crippen LogP contribution in [0, 0.1) is 6.92 Å². The zero-order valence-electron chi connectivity index (χ0n) is 15.5. The molecule has 1 aromatic carbocycles. The van der Waals surface area contributed by atoms with Gasteiger partial charge in [0.1, 0.15) is 0 Å². The summed E-state index contributed by atoms with van der Waals surface area (Å²) >= 11 is 3.37. The van der Waals surface area contributed by atoms with Crippen LogP contribution in [0.1, 0.15) is 25.0 Å². The predicted molar refractivity (Wildman–Crippen MR) is 108 cm³/mol. The molecule has 0 aliphatic rings. The van der Waals surface area contributed by atoms with Crippen LogP contribution in [0.25, 0.3) is 0 Å². The maximum absolute atomic E-state index is 12.0. The quantitative estimate of drug-likeness (QED) is 0.622. The van der Waals surface area contributed by atoms with Crippen molar-refractivity contribution in [3.05, 3.63) is 52.1 Å². The van der Waals surface area contributed by atoms with E-state index in [9.17, 15) is 9.59 Å². The minimum absolute atomic E-state index is 0.0552. The van der Waals surface area contributed by atoms with E-state index in [1.807, 2.05) is 39.0 Å². The highest BCUT2D eigenvalue weighted by atomic mass is 79.9. The lowest BCUT2D eigenvalue weighted by Crippen LogP contribution is -2.39. The van der Waals surface area contributed by atoms with E-state index in [0.29, 0.717) is 18.1 Å². The minimum atomic E-state index is -0.430. The second kappa shape index (κ2) is 9.91. The van der Waals surface area contributed by atoms with E-state index in [1.54, 1.807) is 18.3 Å². The number of carbonyl (C=O) groups excluding carboxylic acids is 2. The highest BCUT2D eigenvalue weighted by Crippen LogP contribution is 2.19. The number of benzene rings is 1. The molecule has 2 rings (SSSR count). The number of nitrogens with one attached hydrogen (secondary N) is 3. The molecule has 1 aromatic heterocycles. The van der Waals surface area contributed by atoms with Gasteiger partial charge in [-0.2, -0.15) is 0 Å². The first-order valence-corrected chi connectivity index (χ1v) is 9.32. The summed E-state index contributed by atoms with van der Waals surface area (Å²) in [7, 11) is 0. The van der Waals surface area contributed by atoms with Gasteiger partial charge in [-0.25, -0.2) is 9.78 Å².